The number of allylic oxidation sites excluding steroid dienone is 10. The van der Waals surface area contributed by atoms with E-state index in [9.17, 15) is 14.4 Å². The third-order valence-electron chi connectivity index (χ3n) is 13.0. The predicted octanol–water partition coefficient (Wildman–Crippen LogP) is 20.0. The van der Waals surface area contributed by atoms with Crippen LogP contribution in [0.4, 0.5) is 0 Å². The molecule has 0 aliphatic rings. The summed E-state index contributed by atoms with van der Waals surface area (Å²) >= 11 is 0. The van der Waals surface area contributed by atoms with E-state index in [4.69, 9.17) is 14.2 Å². The van der Waals surface area contributed by atoms with Crippen LogP contribution in [-0.4, -0.2) is 37.2 Å². The van der Waals surface area contributed by atoms with Gasteiger partial charge in [-0.05, 0) is 96.3 Å². The second-order valence-electron chi connectivity index (χ2n) is 20.0. The SMILES string of the molecule is CCCCCC/C=C\CCCCCCCCCC(=O)OCC(COC(=O)CCCCCCC/C=C\C=C/CCCCCCCCC)OC(=O)CCCCCCC/C=C\C=C/CCCCCCCCC. The van der Waals surface area contributed by atoms with Gasteiger partial charge in [-0.3, -0.25) is 14.4 Å². The predicted molar refractivity (Wildman–Crippen MR) is 298 cm³/mol. The van der Waals surface area contributed by atoms with Crippen LogP contribution >= 0.6 is 0 Å². The van der Waals surface area contributed by atoms with Crippen molar-refractivity contribution in [2.75, 3.05) is 13.2 Å². The number of rotatable bonds is 54. The Morgan fingerprint density at radius 2 is 0.522 bits per heavy atom. The molecule has 0 aliphatic heterocycles. The van der Waals surface area contributed by atoms with E-state index in [0.717, 1.165) is 96.3 Å². The molecule has 1 atom stereocenters. The highest BCUT2D eigenvalue weighted by Gasteiger charge is 2.19. The van der Waals surface area contributed by atoms with Gasteiger partial charge in [0.2, 0.25) is 0 Å². The van der Waals surface area contributed by atoms with Crippen LogP contribution in [0, 0.1) is 0 Å². The van der Waals surface area contributed by atoms with Crippen LogP contribution in [0.3, 0.4) is 0 Å². The van der Waals surface area contributed by atoms with Crippen molar-refractivity contribution >= 4 is 17.9 Å². The molecule has 0 aromatic heterocycles. The van der Waals surface area contributed by atoms with E-state index in [2.05, 4.69) is 81.5 Å². The van der Waals surface area contributed by atoms with Crippen molar-refractivity contribution in [3.8, 4) is 0 Å². The summed E-state index contributed by atoms with van der Waals surface area (Å²) in [7, 11) is 0. The van der Waals surface area contributed by atoms with Crippen LogP contribution in [0.2, 0.25) is 0 Å². The molecule has 0 aromatic rings. The molecule has 0 aliphatic carbocycles. The lowest BCUT2D eigenvalue weighted by molar-refractivity contribution is -0.167. The van der Waals surface area contributed by atoms with Crippen molar-refractivity contribution in [1.82, 2.24) is 0 Å². The van der Waals surface area contributed by atoms with Gasteiger partial charge in [-0.2, -0.15) is 0 Å². The second-order valence-corrected chi connectivity index (χ2v) is 20.0. The molecule has 0 rings (SSSR count). The van der Waals surface area contributed by atoms with Gasteiger partial charge in [0.05, 0.1) is 0 Å². The average molecular weight is 966 g/mol. The average Bonchev–Trinajstić information content (AvgIpc) is 3.35. The number of esters is 3. The number of hydrogen-bond acceptors (Lipinski definition) is 6. The molecule has 0 aromatic carbocycles. The molecular weight excluding hydrogens is 853 g/mol. The van der Waals surface area contributed by atoms with Crippen molar-refractivity contribution in [1.29, 1.82) is 0 Å². The number of carbonyl (C=O) groups is 3. The van der Waals surface area contributed by atoms with Crippen LogP contribution < -0.4 is 0 Å². The first-order chi connectivity index (χ1) is 34.0. The Morgan fingerprint density at radius 1 is 0.290 bits per heavy atom. The fourth-order valence-electron chi connectivity index (χ4n) is 8.48. The molecule has 0 heterocycles. The zero-order chi connectivity index (χ0) is 50.0. The number of unbranched alkanes of at least 4 members (excludes halogenated alkanes) is 35. The van der Waals surface area contributed by atoms with Crippen molar-refractivity contribution < 1.29 is 28.6 Å². The van der Waals surface area contributed by atoms with Gasteiger partial charge in [-0.1, -0.05) is 248 Å². The van der Waals surface area contributed by atoms with Gasteiger partial charge in [-0.15, -0.1) is 0 Å². The van der Waals surface area contributed by atoms with Gasteiger partial charge >= 0.3 is 17.9 Å². The monoisotopic (exact) mass is 965 g/mol. The summed E-state index contributed by atoms with van der Waals surface area (Å²) in [5.41, 5.74) is 0. The number of carbonyl (C=O) groups excluding carboxylic acids is 3. The smallest absolute Gasteiger partial charge is 0.306 e. The Kier molecular flexibility index (Phi) is 55.3. The highest BCUT2D eigenvalue weighted by molar-refractivity contribution is 5.71. The van der Waals surface area contributed by atoms with Gasteiger partial charge in [0.1, 0.15) is 13.2 Å². The molecule has 6 heteroatoms. The van der Waals surface area contributed by atoms with Crippen molar-refractivity contribution in [2.24, 2.45) is 0 Å². The van der Waals surface area contributed by atoms with E-state index < -0.39 is 6.10 Å². The Balaban J connectivity index is 4.43. The fraction of sp³-hybridized carbons (Fsp3) is 0.794. The van der Waals surface area contributed by atoms with E-state index >= 15 is 0 Å². The zero-order valence-electron chi connectivity index (χ0n) is 45.8. The van der Waals surface area contributed by atoms with E-state index in [0.29, 0.717) is 19.3 Å². The summed E-state index contributed by atoms with van der Waals surface area (Å²) in [5, 5.41) is 0. The molecule has 0 spiro atoms. The van der Waals surface area contributed by atoms with Gasteiger partial charge in [0.15, 0.2) is 6.10 Å². The first-order valence-corrected chi connectivity index (χ1v) is 29.8. The Hall–Kier alpha value is -2.89. The van der Waals surface area contributed by atoms with Gasteiger partial charge in [0.25, 0.3) is 0 Å². The summed E-state index contributed by atoms with van der Waals surface area (Å²) in [4.78, 5) is 38.2. The molecule has 0 saturated heterocycles. The molecule has 0 N–H and O–H groups in total. The maximum Gasteiger partial charge on any atom is 0.306 e. The molecule has 1 unspecified atom stereocenters. The number of ether oxygens (including phenoxy) is 3. The molecular formula is C63H112O6. The summed E-state index contributed by atoms with van der Waals surface area (Å²) in [6, 6.07) is 0. The highest BCUT2D eigenvalue weighted by atomic mass is 16.6. The zero-order valence-corrected chi connectivity index (χ0v) is 45.8. The van der Waals surface area contributed by atoms with Crippen LogP contribution in [0.15, 0.2) is 60.8 Å². The lowest BCUT2D eigenvalue weighted by Crippen LogP contribution is -2.30. The van der Waals surface area contributed by atoms with E-state index in [-0.39, 0.29) is 31.1 Å². The van der Waals surface area contributed by atoms with Crippen molar-refractivity contribution in [3.63, 3.8) is 0 Å². The molecule has 0 fully saturated rings. The lowest BCUT2D eigenvalue weighted by Gasteiger charge is -2.18. The standard InChI is InChI=1S/C63H112O6/c1-4-7-10-13-16-19-22-25-28-30-32-35-38-41-44-47-50-53-56-62(65)68-59-60(58-67-61(64)55-52-49-46-43-40-37-34-27-24-21-18-15-12-9-6-3)69-63(66)57-54-51-48-45-42-39-36-33-31-29-26-23-20-17-14-11-8-5-2/h21,24,28-33,35-36,60H,4-20,22-23,25-27,34,37-59H2,1-3H3/b24-21-,30-28-,31-29-,35-32-,36-33-. The first-order valence-electron chi connectivity index (χ1n) is 29.8. The molecule has 0 amide bonds. The molecule has 0 bridgehead atoms. The van der Waals surface area contributed by atoms with Crippen LogP contribution in [0.1, 0.15) is 303 Å². The minimum atomic E-state index is -0.791. The second kappa shape index (κ2) is 57.7. The molecule has 0 saturated carbocycles. The van der Waals surface area contributed by atoms with Gasteiger partial charge < -0.3 is 14.2 Å². The summed E-state index contributed by atoms with van der Waals surface area (Å²) in [6.45, 7) is 6.62. The molecule has 400 valence electrons. The number of hydrogen-bond donors (Lipinski definition) is 0. The topological polar surface area (TPSA) is 78.9 Å². The van der Waals surface area contributed by atoms with E-state index in [1.165, 1.54) is 167 Å². The third kappa shape index (κ3) is 55.9. The van der Waals surface area contributed by atoms with Gasteiger partial charge in [0, 0.05) is 19.3 Å². The summed E-state index contributed by atoms with van der Waals surface area (Å²) < 4.78 is 16.9. The Bertz CT molecular complexity index is 1250. The summed E-state index contributed by atoms with van der Waals surface area (Å²) in [6.07, 6.45) is 72.1. The maximum atomic E-state index is 12.9. The normalized spacial score (nSPS) is 12.4. The minimum Gasteiger partial charge on any atom is -0.462 e. The lowest BCUT2D eigenvalue weighted by atomic mass is 10.1. The van der Waals surface area contributed by atoms with Crippen LogP contribution in [-0.2, 0) is 28.6 Å². The fourth-order valence-corrected chi connectivity index (χ4v) is 8.48. The molecule has 0 radical (unpaired) electrons. The van der Waals surface area contributed by atoms with E-state index in [1.807, 2.05) is 0 Å². The Labute approximate surface area is 428 Å². The third-order valence-corrected chi connectivity index (χ3v) is 13.0. The first kappa shape index (κ1) is 66.1. The van der Waals surface area contributed by atoms with Crippen LogP contribution in [0.25, 0.3) is 0 Å². The summed E-state index contributed by atoms with van der Waals surface area (Å²) in [5.74, 6) is -0.910. The minimum absolute atomic E-state index is 0.0870. The molecule has 6 nitrogen and oxygen atoms in total. The van der Waals surface area contributed by atoms with Gasteiger partial charge in [-0.25, -0.2) is 0 Å². The van der Waals surface area contributed by atoms with Crippen LogP contribution in [0.5, 0.6) is 0 Å². The highest BCUT2D eigenvalue weighted by Crippen LogP contribution is 2.15. The van der Waals surface area contributed by atoms with Crippen molar-refractivity contribution in [3.05, 3.63) is 60.8 Å². The Morgan fingerprint density at radius 3 is 0.826 bits per heavy atom. The van der Waals surface area contributed by atoms with Crippen molar-refractivity contribution in [2.45, 2.75) is 309 Å². The quantitative estimate of drug-likeness (QED) is 0.0199. The maximum absolute atomic E-state index is 12.9. The van der Waals surface area contributed by atoms with E-state index in [1.54, 1.807) is 0 Å². The molecule has 69 heavy (non-hydrogen) atoms. The largest absolute Gasteiger partial charge is 0.462 e.